The molecule has 0 fully saturated rings. The van der Waals surface area contributed by atoms with Crippen molar-refractivity contribution in [3.8, 4) is 5.75 Å². The standard InChI is InChI=1S/C9H11O2P/c1-6(10)8-4-7(5-12)2-3-9(8)11/h2-4,11H,5,12H2,1H3. The first-order valence-corrected chi connectivity index (χ1v) is 4.49. The molecule has 2 nitrogen and oxygen atoms in total. The van der Waals surface area contributed by atoms with Crippen LogP contribution in [0.3, 0.4) is 0 Å². The lowest BCUT2D eigenvalue weighted by molar-refractivity contribution is 0.101. The number of carbonyl (C=O) groups is 1. The summed E-state index contributed by atoms with van der Waals surface area (Å²) in [5, 5.41) is 9.27. The highest BCUT2D eigenvalue weighted by atomic mass is 31.0. The molecule has 1 aromatic carbocycles. The van der Waals surface area contributed by atoms with Crippen molar-refractivity contribution in [2.24, 2.45) is 0 Å². The van der Waals surface area contributed by atoms with Crippen LogP contribution in [-0.2, 0) is 6.16 Å². The Morgan fingerprint density at radius 2 is 2.25 bits per heavy atom. The van der Waals surface area contributed by atoms with Crippen LogP contribution in [0.2, 0.25) is 0 Å². The smallest absolute Gasteiger partial charge is 0.163 e. The molecule has 0 saturated carbocycles. The fourth-order valence-electron chi connectivity index (χ4n) is 0.992. The highest BCUT2D eigenvalue weighted by molar-refractivity contribution is 7.15. The molecule has 0 spiro atoms. The second kappa shape index (κ2) is 3.68. The topological polar surface area (TPSA) is 37.3 Å². The minimum atomic E-state index is -0.104. The zero-order valence-corrected chi connectivity index (χ0v) is 8.03. The molecule has 0 heterocycles. The Bertz CT molecular complexity index is 307. The number of hydrogen-bond acceptors (Lipinski definition) is 2. The van der Waals surface area contributed by atoms with Crippen molar-refractivity contribution in [3.63, 3.8) is 0 Å². The zero-order chi connectivity index (χ0) is 9.14. The molecule has 0 amide bonds. The molecule has 0 radical (unpaired) electrons. The SMILES string of the molecule is CC(=O)c1cc(CP)ccc1O. The van der Waals surface area contributed by atoms with Crippen LogP contribution in [0.25, 0.3) is 0 Å². The van der Waals surface area contributed by atoms with Gasteiger partial charge in [0.1, 0.15) is 5.75 Å². The lowest BCUT2D eigenvalue weighted by Crippen LogP contribution is -1.93. The molecule has 1 atom stereocenters. The number of rotatable bonds is 2. The molecule has 3 heteroatoms. The van der Waals surface area contributed by atoms with E-state index in [9.17, 15) is 9.90 Å². The Kier molecular flexibility index (Phi) is 2.83. The number of aromatic hydroxyl groups is 1. The molecule has 0 bridgehead atoms. The summed E-state index contributed by atoms with van der Waals surface area (Å²) in [7, 11) is 2.57. The first-order chi connectivity index (χ1) is 5.65. The maximum atomic E-state index is 11.0. The van der Waals surface area contributed by atoms with Gasteiger partial charge < -0.3 is 5.11 Å². The Morgan fingerprint density at radius 3 is 2.75 bits per heavy atom. The van der Waals surface area contributed by atoms with Crippen molar-refractivity contribution in [2.45, 2.75) is 13.1 Å². The quantitative estimate of drug-likeness (QED) is 0.560. The monoisotopic (exact) mass is 182 g/mol. The van der Waals surface area contributed by atoms with E-state index in [1.54, 1.807) is 18.2 Å². The fourth-order valence-corrected chi connectivity index (χ4v) is 1.25. The Labute approximate surface area is 73.8 Å². The van der Waals surface area contributed by atoms with Gasteiger partial charge in [-0.2, -0.15) is 0 Å². The summed E-state index contributed by atoms with van der Waals surface area (Å²) in [6.45, 7) is 1.45. The van der Waals surface area contributed by atoms with Gasteiger partial charge in [-0.15, -0.1) is 9.24 Å². The Morgan fingerprint density at radius 1 is 1.58 bits per heavy atom. The Balaban J connectivity index is 3.17. The van der Waals surface area contributed by atoms with E-state index in [1.165, 1.54) is 6.92 Å². The van der Waals surface area contributed by atoms with Gasteiger partial charge in [0.2, 0.25) is 0 Å². The molecule has 1 rings (SSSR count). The van der Waals surface area contributed by atoms with Gasteiger partial charge in [0.15, 0.2) is 5.78 Å². The summed E-state index contributed by atoms with van der Waals surface area (Å²) in [5.41, 5.74) is 1.43. The van der Waals surface area contributed by atoms with Crippen LogP contribution in [0.4, 0.5) is 0 Å². The van der Waals surface area contributed by atoms with E-state index >= 15 is 0 Å². The lowest BCUT2D eigenvalue weighted by atomic mass is 10.1. The molecule has 0 aliphatic heterocycles. The third kappa shape index (κ3) is 1.83. The van der Waals surface area contributed by atoms with Crippen LogP contribution in [0, 0.1) is 0 Å². The molecule has 1 aromatic rings. The van der Waals surface area contributed by atoms with Crippen LogP contribution in [-0.4, -0.2) is 10.9 Å². The summed E-state index contributed by atoms with van der Waals surface area (Å²) in [4.78, 5) is 11.0. The van der Waals surface area contributed by atoms with Gasteiger partial charge in [0, 0.05) is 0 Å². The number of benzene rings is 1. The number of carbonyl (C=O) groups excluding carboxylic acids is 1. The number of ketones is 1. The summed E-state index contributed by atoms with van der Waals surface area (Å²) in [6, 6.07) is 5.07. The van der Waals surface area contributed by atoms with Gasteiger partial charge in [0.05, 0.1) is 5.56 Å². The average Bonchev–Trinajstić information content (AvgIpc) is 2.05. The fraction of sp³-hybridized carbons (Fsp3) is 0.222. The van der Waals surface area contributed by atoms with E-state index in [-0.39, 0.29) is 11.5 Å². The van der Waals surface area contributed by atoms with Crippen molar-refractivity contribution < 1.29 is 9.90 Å². The molecule has 0 aromatic heterocycles. The minimum absolute atomic E-state index is 0.0599. The molecule has 64 valence electrons. The van der Waals surface area contributed by atoms with Crippen LogP contribution in [0.5, 0.6) is 5.75 Å². The number of Topliss-reactive ketones (excluding diaryl/α,β-unsaturated/α-hetero) is 1. The van der Waals surface area contributed by atoms with Crippen LogP contribution >= 0.6 is 9.24 Å². The van der Waals surface area contributed by atoms with Gasteiger partial charge in [-0.25, -0.2) is 0 Å². The second-order valence-corrected chi connectivity index (χ2v) is 3.02. The van der Waals surface area contributed by atoms with E-state index in [1.807, 2.05) is 0 Å². The third-order valence-corrected chi connectivity index (χ3v) is 2.15. The number of phenolic OH excluding ortho intramolecular Hbond substituents is 1. The maximum absolute atomic E-state index is 11.0. The number of hydrogen-bond donors (Lipinski definition) is 1. The van der Waals surface area contributed by atoms with Crippen molar-refractivity contribution in [1.29, 1.82) is 0 Å². The van der Waals surface area contributed by atoms with Crippen molar-refractivity contribution in [1.82, 2.24) is 0 Å². The lowest BCUT2D eigenvalue weighted by Gasteiger charge is -2.02. The van der Waals surface area contributed by atoms with Gasteiger partial charge in [-0.05, 0) is 30.8 Å². The Hall–Kier alpha value is -0.880. The van der Waals surface area contributed by atoms with Gasteiger partial charge in [0.25, 0.3) is 0 Å². The predicted octanol–water partition coefficient (Wildman–Crippen LogP) is 1.97. The van der Waals surface area contributed by atoms with Crippen LogP contribution in [0.15, 0.2) is 18.2 Å². The van der Waals surface area contributed by atoms with Gasteiger partial charge in [-0.3, -0.25) is 4.79 Å². The molecular weight excluding hydrogens is 171 g/mol. The highest BCUT2D eigenvalue weighted by Gasteiger charge is 2.05. The second-order valence-electron chi connectivity index (χ2n) is 2.61. The van der Waals surface area contributed by atoms with Crippen molar-refractivity contribution in [2.75, 3.05) is 0 Å². The number of phenols is 1. The highest BCUT2D eigenvalue weighted by Crippen LogP contribution is 2.20. The third-order valence-electron chi connectivity index (χ3n) is 1.68. The molecule has 1 unspecified atom stereocenters. The molecule has 0 aliphatic carbocycles. The van der Waals surface area contributed by atoms with E-state index in [4.69, 9.17) is 0 Å². The van der Waals surface area contributed by atoms with E-state index in [0.717, 1.165) is 11.7 Å². The van der Waals surface area contributed by atoms with Crippen LogP contribution in [0.1, 0.15) is 22.8 Å². The molecule has 1 N–H and O–H groups in total. The first-order valence-electron chi connectivity index (χ1n) is 3.68. The molecule has 0 saturated heterocycles. The van der Waals surface area contributed by atoms with E-state index in [0.29, 0.717) is 5.56 Å². The maximum Gasteiger partial charge on any atom is 0.163 e. The average molecular weight is 182 g/mol. The van der Waals surface area contributed by atoms with Gasteiger partial charge in [-0.1, -0.05) is 6.07 Å². The van der Waals surface area contributed by atoms with E-state index in [2.05, 4.69) is 9.24 Å². The summed E-state index contributed by atoms with van der Waals surface area (Å²) in [6.07, 6.45) is 0.792. The normalized spacial score (nSPS) is 9.83. The van der Waals surface area contributed by atoms with E-state index < -0.39 is 0 Å². The van der Waals surface area contributed by atoms with Crippen molar-refractivity contribution in [3.05, 3.63) is 29.3 Å². The zero-order valence-electron chi connectivity index (χ0n) is 6.87. The summed E-state index contributed by atoms with van der Waals surface area (Å²) < 4.78 is 0. The van der Waals surface area contributed by atoms with Crippen LogP contribution < -0.4 is 0 Å². The minimum Gasteiger partial charge on any atom is -0.507 e. The molecule has 0 aliphatic rings. The summed E-state index contributed by atoms with van der Waals surface area (Å²) in [5.74, 6) is -0.0440. The first kappa shape index (κ1) is 9.21. The molecular formula is C9H11O2P. The summed E-state index contributed by atoms with van der Waals surface area (Å²) >= 11 is 0. The van der Waals surface area contributed by atoms with Gasteiger partial charge >= 0.3 is 0 Å². The van der Waals surface area contributed by atoms with Crippen molar-refractivity contribution >= 4 is 15.0 Å². The molecule has 12 heavy (non-hydrogen) atoms. The largest absolute Gasteiger partial charge is 0.507 e. The predicted molar refractivity (Wildman–Crippen MR) is 51.5 cm³/mol.